The van der Waals surface area contributed by atoms with Crippen LogP contribution in [0.3, 0.4) is 0 Å². The maximum atomic E-state index is 12.1. The topological polar surface area (TPSA) is 75.0 Å². The van der Waals surface area contributed by atoms with Gasteiger partial charge in [0.05, 0.1) is 23.6 Å². The van der Waals surface area contributed by atoms with Crippen molar-refractivity contribution in [3.05, 3.63) is 76.2 Å². The molecule has 0 spiro atoms. The molecular formula is C23H21N3O2S. The Kier molecular flexibility index (Phi) is 6.77. The molecule has 0 fully saturated rings. The Morgan fingerprint density at radius 1 is 1.21 bits per heavy atom. The van der Waals surface area contributed by atoms with Crippen molar-refractivity contribution < 1.29 is 9.53 Å². The average molecular weight is 404 g/mol. The summed E-state index contributed by atoms with van der Waals surface area (Å²) in [6.07, 6.45) is 2.56. The minimum absolute atomic E-state index is 0.299. The first-order valence-electron chi connectivity index (χ1n) is 9.34. The van der Waals surface area contributed by atoms with Gasteiger partial charge in [-0.1, -0.05) is 43.3 Å². The van der Waals surface area contributed by atoms with E-state index in [1.165, 1.54) is 16.9 Å². The van der Waals surface area contributed by atoms with Gasteiger partial charge in [0.15, 0.2) is 0 Å². The first-order chi connectivity index (χ1) is 14.2. The maximum absolute atomic E-state index is 12.1. The minimum Gasteiger partial charge on any atom is -0.462 e. The van der Waals surface area contributed by atoms with E-state index in [1.807, 2.05) is 23.6 Å². The minimum atomic E-state index is -0.408. The summed E-state index contributed by atoms with van der Waals surface area (Å²) < 4.78 is 5.08. The summed E-state index contributed by atoms with van der Waals surface area (Å²) in [4.78, 5) is 16.7. The van der Waals surface area contributed by atoms with Gasteiger partial charge in [-0.3, -0.25) is 0 Å². The fourth-order valence-electron chi connectivity index (χ4n) is 2.73. The molecule has 0 radical (unpaired) electrons. The van der Waals surface area contributed by atoms with Crippen molar-refractivity contribution in [2.24, 2.45) is 0 Å². The molecule has 0 saturated carbocycles. The molecule has 1 N–H and O–H groups in total. The number of hydrogen-bond donors (Lipinski definition) is 1. The summed E-state index contributed by atoms with van der Waals surface area (Å²) in [6, 6.07) is 17.5. The van der Waals surface area contributed by atoms with Gasteiger partial charge in [-0.05, 0) is 31.0 Å². The van der Waals surface area contributed by atoms with Gasteiger partial charge >= 0.3 is 5.97 Å². The van der Waals surface area contributed by atoms with Crippen LogP contribution in [0, 0.1) is 11.3 Å². The number of hydrogen-bond acceptors (Lipinski definition) is 6. The molecule has 0 aliphatic rings. The summed E-state index contributed by atoms with van der Waals surface area (Å²) in [7, 11) is 0. The van der Waals surface area contributed by atoms with Crippen LogP contribution in [-0.2, 0) is 11.2 Å². The van der Waals surface area contributed by atoms with Gasteiger partial charge in [-0.15, -0.1) is 11.3 Å². The quantitative estimate of drug-likeness (QED) is 0.415. The Hall–Kier alpha value is -3.43. The molecule has 1 heterocycles. The molecule has 0 unspecified atom stereocenters. The highest BCUT2D eigenvalue weighted by Gasteiger charge is 2.13. The second-order valence-electron chi connectivity index (χ2n) is 6.17. The smallest absolute Gasteiger partial charge is 0.340 e. The zero-order chi connectivity index (χ0) is 20.6. The molecular weight excluding hydrogens is 382 g/mol. The number of ether oxygens (including phenoxy) is 1. The third-order valence-electron chi connectivity index (χ3n) is 4.31. The van der Waals surface area contributed by atoms with Crippen LogP contribution in [0.1, 0.15) is 34.8 Å². The molecule has 0 saturated heterocycles. The van der Waals surface area contributed by atoms with E-state index in [0.717, 1.165) is 17.7 Å². The summed E-state index contributed by atoms with van der Waals surface area (Å²) in [5.74, 6) is -0.408. The van der Waals surface area contributed by atoms with Crippen LogP contribution in [0.15, 0.2) is 60.1 Å². The zero-order valence-corrected chi connectivity index (χ0v) is 17.1. The molecule has 1 aromatic heterocycles. The van der Waals surface area contributed by atoms with Crippen molar-refractivity contribution in [2.75, 3.05) is 11.9 Å². The van der Waals surface area contributed by atoms with Gasteiger partial charge < -0.3 is 10.1 Å². The highest BCUT2D eigenvalue weighted by Crippen LogP contribution is 2.27. The number of nitrogens with one attached hydrogen (secondary N) is 1. The van der Waals surface area contributed by atoms with E-state index < -0.39 is 5.97 Å². The second-order valence-corrected chi connectivity index (χ2v) is 7.03. The monoisotopic (exact) mass is 403 g/mol. The van der Waals surface area contributed by atoms with Gasteiger partial charge in [0, 0.05) is 17.1 Å². The Morgan fingerprint density at radius 3 is 2.66 bits per heavy atom. The number of carbonyl (C=O) groups excluding carboxylic acids is 1. The molecule has 0 aliphatic carbocycles. The second kappa shape index (κ2) is 9.67. The summed E-state index contributed by atoms with van der Waals surface area (Å²) in [5.41, 5.74) is 4.50. The van der Waals surface area contributed by atoms with Gasteiger partial charge in [0.1, 0.15) is 16.6 Å². The lowest BCUT2D eigenvalue weighted by molar-refractivity contribution is 0.0527. The number of aromatic nitrogens is 1. The first kappa shape index (κ1) is 20.3. The lowest BCUT2D eigenvalue weighted by atomic mass is 10.1. The number of aryl methyl sites for hydroxylation is 1. The lowest BCUT2D eigenvalue weighted by Crippen LogP contribution is -2.07. The molecule has 6 heteroatoms. The van der Waals surface area contributed by atoms with Crippen LogP contribution in [0.25, 0.3) is 16.8 Å². The fraction of sp³-hybridized carbons (Fsp3) is 0.174. The van der Waals surface area contributed by atoms with Gasteiger partial charge in [0.2, 0.25) is 0 Å². The SMILES string of the molecule is CCOC(=O)c1ccccc1N/C=C(/C#N)c1nc(-c2ccc(CC)cc2)cs1. The third kappa shape index (κ3) is 4.89. The summed E-state index contributed by atoms with van der Waals surface area (Å²) in [6.45, 7) is 4.18. The fourth-order valence-corrected chi connectivity index (χ4v) is 3.52. The predicted molar refractivity (Wildman–Crippen MR) is 117 cm³/mol. The van der Waals surface area contributed by atoms with Crippen LogP contribution < -0.4 is 5.32 Å². The molecule has 0 aliphatic heterocycles. The average Bonchev–Trinajstić information content (AvgIpc) is 3.25. The Morgan fingerprint density at radius 2 is 1.97 bits per heavy atom. The summed E-state index contributed by atoms with van der Waals surface area (Å²) >= 11 is 1.41. The molecule has 2 aromatic carbocycles. The number of thiazole rings is 1. The van der Waals surface area contributed by atoms with E-state index in [4.69, 9.17) is 4.74 Å². The van der Waals surface area contributed by atoms with Crippen LogP contribution in [0.5, 0.6) is 0 Å². The van der Waals surface area contributed by atoms with Crippen molar-refractivity contribution in [2.45, 2.75) is 20.3 Å². The number of esters is 1. The van der Waals surface area contributed by atoms with Gasteiger partial charge in [0.25, 0.3) is 0 Å². The van der Waals surface area contributed by atoms with E-state index in [2.05, 4.69) is 35.4 Å². The molecule has 5 nitrogen and oxygen atoms in total. The molecule has 3 aromatic rings. The number of nitriles is 1. The van der Waals surface area contributed by atoms with E-state index in [-0.39, 0.29) is 0 Å². The van der Waals surface area contributed by atoms with Crippen molar-refractivity contribution in [1.29, 1.82) is 5.26 Å². The van der Waals surface area contributed by atoms with Crippen LogP contribution in [0.2, 0.25) is 0 Å². The first-order valence-corrected chi connectivity index (χ1v) is 10.2. The largest absolute Gasteiger partial charge is 0.462 e. The summed E-state index contributed by atoms with van der Waals surface area (Å²) in [5, 5.41) is 15.2. The van der Waals surface area contributed by atoms with E-state index in [9.17, 15) is 10.1 Å². The molecule has 29 heavy (non-hydrogen) atoms. The Balaban J connectivity index is 1.82. The van der Waals surface area contributed by atoms with E-state index in [0.29, 0.717) is 28.4 Å². The van der Waals surface area contributed by atoms with Crippen molar-refractivity contribution in [3.63, 3.8) is 0 Å². The number of benzene rings is 2. The molecule has 0 bridgehead atoms. The normalized spacial score (nSPS) is 11.0. The number of anilines is 1. The molecule has 146 valence electrons. The van der Waals surface area contributed by atoms with Crippen LogP contribution in [0.4, 0.5) is 5.69 Å². The predicted octanol–water partition coefficient (Wildman–Crippen LogP) is 5.53. The van der Waals surface area contributed by atoms with Crippen molar-refractivity contribution >= 4 is 28.6 Å². The van der Waals surface area contributed by atoms with Crippen LogP contribution in [-0.4, -0.2) is 17.6 Å². The van der Waals surface area contributed by atoms with Gasteiger partial charge in [-0.2, -0.15) is 5.26 Å². The molecule has 3 rings (SSSR count). The zero-order valence-electron chi connectivity index (χ0n) is 16.3. The Bertz CT molecular complexity index is 1060. The number of para-hydroxylation sites is 1. The van der Waals surface area contributed by atoms with E-state index in [1.54, 1.807) is 31.3 Å². The van der Waals surface area contributed by atoms with Gasteiger partial charge in [-0.25, -0.2) is 9.78 Å². The Labute approximate surface area is 174 Å². The molecule has 0 amide bonds. The van der Waals surface area contributed by atoms with Crippen LogP contribution >= 0.6 is 11.3 Å². The third-order valence-corrected chi connectivity index (χ3v) is 5.18. The number of nitrogens with zero attached hydrogens (tertiary/aromatic N) is 2. The lowest BCUT2D eigenvalue weighted by Gasteiger charge is -2.08. The molecule has 0 atom stereocenters. The maximum Gasteiger partial charge on any atom is 0.340 e. The highest BCUT2D eigenvalue weighted by atomic mass is 32.1. The van der Waals surface area contributed by atoms with E-state index >= 15 is 0 Å². The number of carbonyl (C=O) groups is 1. The van der Waals surface area contributed by atoms with Crippen molar-refractivity contribution in [3.8, 4) is 17.3 Å². The number of rotatable bonds is 7. The van der Waals surface area contributed by atoms with Crippen molar-refractivity contribution in [1.82, 2.24) is 4.98 Å². The standard InChI is InChI=1S/C23H21N3O2S/c1-3-16-9-11-17(12-10-16)21-15-29-22(26-21)18(13-24)14-25-20-8-6-5-7-19(20)23(27)28-4-2/h5-12,14-15,25H,3-4H2,1-2H3/b18-14-. The highest BCUT2D eigenvalue weighted by molar-refractivity contribution is 7.11. The number of allylic oxidation sites excluding steroid dienone is 1.